The van der Waals surface area contributed by atoms with Crippen molar-refractivity contribution in [1.82, 2.24) is 8.96 Å². The fourth-order valence-corrected chi connectivity index (χ4v) is 5.71. The Morgan fingerprint density at radius 1 is 1.00 bits per heavy atom. The molecule has 142 valence electrons. The number of hydrogen-bond donors (Lipinski definition) is 0. The molecule has 0 unspecified atom stereocenters. The molecule has 28 heavy (non-hydrogen) atoms. The minimum absolute atomic E-state index is 0.173. The number of rotatable bonds is 5. The van der Waals surface area contributed by atoms with Gasteiger partial charge in [0, 0.05) is 10.2 Å². The minimum atomic E-state index is -3.84. The van der Waals surface area contributed by atoms with Gasteiger partial charge in [-0.2, -0.15) is 0 Å². The molecule has 0 saturated carbocycles. The normalized spacial score (nSPS) is 11.8. The van der Waals surface area contributed by atoms with E-state index >= 15 is 0 Å². The first-order chi connectivity index (χ1) is 13.4. The molecule has 4 aromatic rings. The number of aromatic nitrogens is 2. The van der Waals surface area contributed by atoms with Crippen molar-refractivity contribution in [3.05, 3.63) is 88.6 Å². The van der Waals surface area contributed by atoms with Crippen molar-refractivity contribution in [2.24, 2.45) is 0 Å². The summed E-state index contributed by atoms with van der Waals surface area (Å²) < 4.78 is 42.2. The molecule has 1 heterocycles. The Balaban J connectivity index is 1.80. The Morgan fingerprint density at radius 2 is 1.75 bits per heavy atom. The lowest BCUT2D eigenvalue weighted by Gasteiger charge is -2.10. The number of nitrogens with zero attached hydrogens (tertiary/aromatic N) is 2. The summed E-state index contributed by atoms with van der Waals surface area (Å²) in [6, 6.07) is 19.8. The number of imidazole rings is 1. The van der Waals surface area contributed by atoms with Crippen LogP contribution in [0.25, 0.3) is 11.0 Å². The molecule has 0 atom stereocenters. The van der Waals surface area contributed by atoms with Crippen LogP contribution < -0.4 is 0 Å². The monoisotopic (exact) mass is 476 g/mol. The van der Waals surface area contributed by atoms with Gasteiger partial charge in [0.25, 0.3) is 10.0 Å². The average molecular weight is 477 g/mol. The second-order valence-corrected chi connectivity index (χ2v) is 9.67. The summed E-state index contributed by atoms with van der Waals surface area (Å²) in [7, 11) is -3.84. The first-order valence-corrected chi connectivity index (χ1v) is 11.5. The molecule has 3 aromatic carbocycles. The maximum atomic E-state index is 13.5. The van der Waals surface area contributed by atoms with Gasteiger partial charge in [-0.3, -0.25) is 0 Å². The van der Waals surface area contributed by atoms with Gasteiger partial charge in [0.15, 0.2) is 5.16 Å². The van der Waals surface area contributed by atoms with Gasteiger partial charge in [0.1, 0.15) is 5.82 Å². The van der Waals surface area contributed by atoms with Crippen molar-refractivity contribution in [3.63, 3.8) is 0 Å². The van der Waals surface area contributed by atoms with Crippen molar-refractivity contribution >= 4 is 48.7 Å². The summed E-state index contributed by atoms with van der Waals surface area (Å²) >= 11 is 4.58. The molecular formula is C20H14BrFN2O2S2. The van der Waals surface area contributed by atoms with Crippen LogP contribution in [0.15, 0.2) is 87.3 Å². The van der Waals surface area contributed by atoms with Gasteiger partial charge in [-0.25, -0.2) is 21.8 Å². The Kier molecular flexibility index (Phi) is 5.27. The molecule has 0 spiro atoms. The van der Waals surface area contributed by atoms with Gasteiger partial charge in [-0.05, 0) is 54.1 Å². The summed E-state index contributed by atoms with van der Waals surface area (Å²) in [5.41, 5.74) is 1.85. The highest BCUT2D eigenvalue weighted by Gasteiger charge is 2.24. The third-order valence-corrected chi connectivity index (χ3v) is 7.47. The summed E-state index contributed by atoms with van der Waals surface area (Å²) in [5, 5.41) is 0.341. The first kappa shape index (κ1) is 19.2. The predicted molar refractivity (Wildman–Crippen MR) is 112 cm³/mol. The summed E-state index contributed by atoms with van der Waals surface area (Å²) in [6.07, 6.45) is 0. The number of hydrogen-bond acceptors (Lipinski definition) is 4. The standard InChI is InChI=1S/C20H14BrFN2O2S2/c21-15-8-10-17(11-9-15)28(25,26)24-19-7-2-1-6-18(19)23-20(24)27-13-14-4-3-5-16(22)12-14/h1-12H,13H2. The molecule has 0 fully saturated rings. The van der Waals surface area contributed by atoms with E-state index in [1.165, 1.54) is 27.9 Å². The smallest absolute Gasteiger partial charge is 0.222 e. The molecule has 0 radical (unpaired) electrons. The molecule has 0 N–H and O–H groups in total. The van der Waals surface area contributed by atoms with Crippen LogP contribution in [0.2, 0.25) is 0 Å². The SMILES string of the molecule is O=S(=O)(c1ccc(Br)cc1)n1c(SCc2cccc(F)c2)nc2ccccc21. The highest BCUT2D eigenvalue weighted by Crippen LogP contribution is 2.31. The zero-order valence-electron chi connectivity index (χ0n) is 14.4. The number of halogens is 2. The third kappa shape index (κ3) is 3.72. The van der Waals surface area contributed by atoms with Crippen LogP contribution in [-0.4, -0.2) is 17.4 Å². The molecule has 8 heteroatoms. The van der Waals surface area contributed by atoms with E-state index in [0.29, 0.717) is 21.9 Å². The highest BCUT2D eigenvalue weighted by atomic mass is 79.9. The topological polar surface area (TPSA) is 52.0 Å². The van der Waals surface area contributed by atoms with Crippen LogP contribution in [0.4, 0.5) is 4.39 Å². The van der Waals surface area contributed by atoms with Crippen LogP contribution >= 0.6 is 27.7 Å². The van der Waals surface area contributed by atoms with Crippen LogP contribution in [-0.2, 0) is 15.8 Å². The third-order valence-electron chi connectivity index (χ3n) is 4.10. The van der Waals surface area contributed by atoms with Crippen LogP contribution in [0.1, 0.15) is 5.56 Å². The van der Waals surface area contributed by atoms with E-state index in [2.05, 4.69) is 20.9 Å². The van der Waals surface area contributed by atoms with E-state index in [4.69, 9.17) is 0 Å². The van der Waals surface area contributed by atoms with E-state index in [0.717, 1.165) is 10.0 Å². The van der Waals surface area contributed by atoms with Gasteiger partial charge >= 0.3 is 0 Å². The average Bonchev–Trinajstić information content (AvgIpc) is 3.06. The van der Waals surface area contributed by atoms with E-state index < -0.39 is 10.0 Å². The molecule has 0 aliphatic carbocycles. The molecule has 0 amide bonds. The van der Waals surface area contributed by atoms with Crippen molar-refractivity contribution < 1.29 is 12.8 Å². The number of benzene rings is 3. The fraction of sp³-hybridized carbons (Fsp3) is 0.0500. The minimum Gasteiger partial charge on any atom is -0.222 e. The first-order valence-electron chi connectivity index (χ1n) is 8.31. The highest BCUT2D eigenvalue weighted by molar-refractivity contribution is 9.10. The number of fused-ring (bicyclic) bond motifs is 1. The van der Waals surface area contributed by atoms with Crippen molar-refractivity contribution in [1.29, 1.82) is 0 Å². The molecule has 0 saturated heterocycles. The van der Waals surface area contributed by atoms with E-state index in [1.807, 2.05) is 6.07 Å². The number of thioether (sulfide) groups is 1. The van der Waals surface area contributed by atoms with Crippen molar-refractivity contribution in [3.8, 4) is 0 Å². The predicted octanol–water partition coefficient (Wildman–Crippen LogP) is 5.47. The van der Waals surface area contributed by atoms with Gasteiger partial charge in [-0.1, -0.05) is 52.0 Å². The Morgan fingerprint density at radius 3 is 2.50 bits per heavy atom. The molecule has 4 nitrogen and oxygen atoms in total. The van der Waals surface area contributed by atoms with Gasteiger partial charge in [0.05, 0.1) is 15.9 Å². The Bertz CT molecular complexity index is 1250. The van der Waals surface area contributed by atoms with Crippen molar-refractivity contribution in [2.45, 2.75) is 15.8 Å². The second kappa shape index (κ2) is 7.69. The molecular weight excluding hydrogens is 463 g/mol. The Labute approximate surface area is 174 Å². The van der Waals surface area contributed by atoms with Crippen LogP contribution in [0, 0.1) is 5.82 Å². The maximum Gasteiger partial charge on any atom is 0.270 e. The fourth-order valence-electron chi connectivity index (χ4n) is 2.79. The quantitative estimate of drug-likeness (QED) is 0.358. The molecule has 4 rings (SSSR count). The van der Waals surface area contributed by atoms with Crippen molar-refractivity contribution in [2.75, 3.05) is 0 Å². The molecule has 0 aliphatic heterocycles. The summed E-state index contributed by atoms with van der Waals surface area (Å²) in [5.74, 6) is 0.0748. The summed E-state index contributed by atoms with van der Waals surface area (Å²) in [4.78, 5) is 4.68. The van der Waals surface area contributed by atoms with Crippen LogP contribution in [0.3, 0.4) is 0 Å². The van der Waals surface area contributed by atoms with Gasteiger partial charge in [0.2, 0.25) is 0 Å². The lowest BCUT2D eigenvalue weighted by Crippen LogP contribution is -2.14. The van der Waals surface area contributed by atoms with Gasteiger partial charge < -0.3 is 0 Å². The molecule has 0 aliphatic rings. The molecule has 0 bridgehead atoms. The van der Waals surface area contributed by atoms with Gasteiger partial charge in [-0.15, -0.1) is 0 Å². The maximum absolute atomic E-state index is 13.5. The van der Waals surface area contributed by atoms with E-state index in [1.54, 1.807) is 54.6 Å². The summed E-state index contributed by atoms with van der Waals surface area (Å²) in [6.45, 7) is 0. The number of para-hydroxylation sites is 2. The second-order valence-electron chi connectivity index (χ2n) is 6.03. The van der Waals surface area contributed by atoms with E-state index in [-0.39, 0.29) is 10.7 Å². The zero-order valence-corrected chi connectivity index (χ0v) is 17.6. The van der Waals surface area contributed by atoms with E-state index in [9.17, 15) is 12.8 Å². The lowest BCUT2D eigenvalue weighted by atomic mass is 10.2. The molecule has 1 aromatic heterocycles. The Hall–Kier alpha value is -2.16. The largest absolute Gasteiger partial charge is 0.270 e. The zero-order chi connectivity index (χ0) is 19.7. The lowest BCUT2D eigenvalue weighted by molar-refractivity contribution is 0.584. The van der Waals surface area contributed by atoms with Crippen LogP contribution in [0.5, 0.6) is 0 Å².